The van der Waals surface area contributed by atoms with Crippen molar-refractivity contribution >= 4 is 46.6 Å². The number of aromatic nitrogens is 1. The van der Waals surface area contributed by atoms with E-state index in [2.05, 4.69) is 4.99 Å². The standard InChI is InChI=1S/C20H13F3N2OS2/c1-11-15(14-7-2-3-8-16(14)24-11)10-17-18(26)25(19(27)28-17)13-6-4-5-12(9-13)20(21,22)23/h2-10,26H,1H3/b15-10-. The Kier molecular flexibility index (Phi) is 4.47. The zero-order valence-corrected chi connectivity index (χ0v) is 16.1. The van der Waals surface area contributed by atoms with Crippen molar-refractivity contribution in [2.75, 3.05) is 0 Å². The van der Waals surface area contributed by atoms with Gasteiger partial charge in [0.1, 0.15) is 0 Å². The molecule has 2 heterocycles. The highest BCUT2D eigenvalue weighted by molar-refractivity contribution is 7.73. The van der Waals surface area contributed by atoms with Gasteiger partial charge in [0, 0.05) is 16.8 Å². The number of para-hydroxylation sites is 1. The number of hydrogen-bond donors (Lipinski definition) is 1. The second-order valence-corrected chi connectivity index (χ2v) is 7.89. The maximum Gasteiger partial charge on any atom is 0.416 e. The highest BCUT2D eigenvalue weighted by atomic mass is 32.1. The van der Waals surface area contributed by atoms with Gasteiger partial charge in [0.15, 0.2) is 3.95 Å². The van der Waals surface area contributed by atoms with Crippen LogP contribution in [0, 0.1) is 3.95 Å². The van der Waals surface area contributed by atoms with Crippen LogP contribution in [0.1, 0.15) is 22.9 Å². The van der Waals surface area contributed by atoms with Gasteiger partial charge in [0.2, 0.25) is 5.88 Å². The Morgan fingerprint density at radius 2 is 1.89 bits per heavy atom. The Bertz CT molecular complexity index is 1200. The molecule has 0 radical (unpaired) electrons. The van der Waals surface area contributed by atoms with Gasteiger partial charge in [-0.3, -0.25) is 9.56 Å². The molecule has 0 fully saturated rings. The lowest BCUT2D eigenvalue weighted by molar-refractivity contribution is -0.137. The fourth-order valence-electron chi connectivity index (χ4n) is 3.07. The van der Waals surface area contributed by atoms with E-state index in [4.69, 9.17) is 12.2 Å². The van der Waals surface area contributed by atoms with E-state index in [1.807, 2.05) is 31.2 Å². The molecule has 2 aromatic carbocycles. The second kappa shape index (κ2) is 6.72. The van der Waals surface area contributed by atoms with Gasteiger partial charge >= 0.3 is 6.18 Å². The first-order valence-electron chi connectivity index (χ1n) is 8.25. The molecule has 0 unspecified atom stereocenters. The third-order valence-electron chi connectivity index (χ3n) is 4.39. The van der Waals surface area contributed by atoms with Crippen LogP contribution in [0.4, 0.5) is 18.9 Å². The predicted molar refractivity (Wildman–Crippen MR) is 108 cm³/mol. The van der Waals surface area contributed by atoms with Crippen molar-refractivity contribution in [1.29, 1.82) is 0 Å². The van der Waals surface area contributed by atoms with E-state index in [0.717, 1.165) is 46.0 Å². The zero-order valence-electron chi connectivity index (χ0n) is 14.5. The van der Waals surface area contributed by atoms with Gasteiger partial charge in [-0.1, -0.05) is 24.3 Å². The van der Waals surface area contributed by atoms with Gasteiger partial charge in [-0.15, -0.1) is 11.3 Å². The molecule has 4 rings (SSSR count). The van der Waals surface area contributed by atoms with Crippen LogP contribution in [-0.4, -0.2) is 15.4 Å². The number of halogens is 3. The van der Waals surface area contributed by atoms with Crippen molar-refractivity contribution in [3.8, 4) is 11.6 Å². The minimum atomic E-state index is -4.48. The highest BCUT2D eigenvalue weighted by Crippen LogP contribution is 2.39. The van der Waals surface area contributed by atoms with Crippen molar-refractivity contribution in [3.05, 3.63) is 68.5 Å². The van der Waals surface area contributed by atoms with E-state index in [1.54, 1.807) is 6.08 Å². The molecule has 28 heavy (non-hydrogen) atoms. The minimum absolute atomic E-state index is 0.162. The molecule has 0 saturated heterocycles. The monoisotopic (exact) mass is 418 g/mol. The summed E-state index contributed by atoms with van der Waals surface area (Å²) in [4.78, 5) is 4.96. The highest BCUT2D eigenvalue weighted by Gasteiger charge is 2.31. The summed E-state index contributed by atoms with van der Waals surface area (Å²) in [7, 11) is 0. The molecule has 8 heteroatoms. The van der Waals surface area contributed by atoms with Crippen molar-refractivity contribution in [2.45, 2.75) is 13.1 Å². The zero-order chi connectivity index (χ0) is 20.1. The lowest BCUT2D eigenvalue weighted by Crippen LogP contribution is -2.06. The van der Waals surface area contributed by atoms with Gasteiger partial charge in [-0.2, -0.15) is 13.2 Å². The molecular formula is C20H13F3N2OS2. The van der Waals surface area contributed by atoms with E-state index in [0.29, 0.717) is 4.88 Å². The summed E-state index contributed by atoms with van der Waals surface area (Å²) in [5.74, 6) is -0.195. The van der Waals surface area contributed by atoms with Gasteiger partial charge in [-0.25, -0.2) is 0 Å². The Labute approximate surface area is 167 Å². The first-order valence-corrected chi connectivity index (χ1v) is 9.47. The van der Waals surface area contributed by atoms with Crippen LogP contribution in [-0.2, 0) is 6.18 Å². The molecule has 0 saturated carbocycles. The molecule has 142 valence electrons. The Balaban J connectivity index is 1.82. The number of alkyl halides is 3. The molecule has 0 spiro atoms. The Morgan fingerprint density at radius 3 is 2.64 bits per heavy atom. The number of allylic oxidation sites excluding steroid dienone is 1. The number of nitrogens with zero attached hydrogens (tertiary/aromatic N) is 2. The lowest BCUT2D eigenvalue weighted by Gasteiger charge is -2.10. The van der Waals surface area contributed by atoms with E-state index in [1.165, 1.54) is 16.7 Å². The number of rotatable bonds is 2. The molecule has 1 aliphatic heterocycles. The predicted octanol–water partition coefficient (Wildman–Crippen LogP) is 6.64. The summed E-state index contributed by atoms with van der Waals surface area (Å²) in [6.07, 6.45) is -2.71. The fourth-order valence-corrected chi connectivity index (χ4v) is 4.36. The summed E-state index contributed by atoms with van der Waals surface area (Å²) < 4.78 is 40.6. The molecule has 1 aromatic heterocycles. The SMILES string of the molecule is CC1=Nc2ccccc2/C1=C\c1sc(=S)n(-c2cccc(C(F)(F)F)c2)c1O. The smallest absolute Gasteiger partial charge is 0.416 e. The third-order valence-corrected chi connectivity index (χ3v) is 5.70. The van der Waals surface area contributed by atoms with E-state index < -0.39 is 11.7 Å². The van der Waals surface area contributed by atoms with Crippen molar-refractivity contribution in [1.82, 2.24) is 4.57 Å². The quantitative estimate of drug-likeness (QED) is 0.474. The topological polar surface area (TPSA) is 37.5 Å². The number of benzene rings is 2. The number of hydrogen-bond acceptors (Lipinski definition) is 4. The molecule has 0 aliphatic carbocycles. The van der Waals surface area contributed by atoms with Crippen molar-refractivity contribution < 1.29 is 18.3 Å². The van der Waals surface area contributed by atoms with Crippen LogP contribution in [0.3, 0.4) is 0 Å². The lowest BCUT2D eigenvalue weighted by atomic mass is 10.0. The molecule has 3 aromatic rings. The number of aromatic hydroxyl groups is 1. The maximum absolute atomic E-state index is 13.0. The van der Waals surface area contributed by atoms with Gasteiger partial charge < -0.3 is 5.11 Å². The van der Waals surface area contributed by atoms with Crippen molar-refractivity contribution in [2.24, 2.45) is 4.99 Å². The third kappa shape index (κ3) is 3.18. The van der Waals surface area contributed by atoms with E-state index in [9.17, 15) is 18.3 Å². The molecule has 0 atom stereocenters. The summed E-state index contributed by atoms with van der Waals surface area (Å²) in [6, 6.07) is 12.3. The van der Waals surface area contributed by atoms with Gasteiger partial charge in [-0.05, 0) is 49.5 Å². The second-order valence-electron chi connectivity index (χ2n) is 6.21. The average molecular weight is 418 g/mol. The fraction of sp³-hybridized carbons (Fsp3) is 0.100. The molecule has 1 N–H and O–H groups in total. The molecular weight excluding hydrogens is 405 g/mol. The van der Waals surface area contributed by atoms with E-state index in [-0.39, 0.29) is 15.5 Å². The Morgan fingerprint density at radius 1 is 1.14 bits per heavy atom. The van der Waals surface area contributed by atoms with Crippen LogP contribution >= 0.6 is 23.6 Å². The normalized spacial score (nSPS) is 15.0. The first-order chi connectivity index (χ1) is 13.3. The van der Waals surface area contributed by atoms with E-state index >= 15 is 0 Å². The number of fused-ring (bicyclic) bond motifs is 1. The number of aliphatic imine (C=N–C) groups is 1. The molecule has 0 bridgehead atoms. The van der Waals surface area contributed by atoms with Gasteiger partial charge in [0.25, 0.3) is 0 Å². The first kappa shape index (κ1) is 18.6. The van der Waals surface area contributed by atoms with Crippen LogP contribution < -0.4 is 0 Å². The summed E-state index contributed by atoms with van der Waals surface area (Å²) in [5.41, 5.74) is 2.78. The van der Waals surface area contributed by atoms with Crippen LogP contribution in [0.5, 0.6) is 5.88 Å². The van der Waals surface area contributed by atoms with Crippen LogP contribution in [0.2, 0.25) is 0 Å². The van der Waals surface area contributed by atoms with Gasteiger partial charge in [0.05, 0.1) is 21.8 Å². The molecule has 1 aliphatic rings. The van der Waals surface area contributed by atoms with Crippen LogP contribution in [0.25, 0.3) is 17.3 Å². The summed E-state index contributed by atoms with van der Waals surface area (Å²) >= 11 is 6.44. The average Bonchev–Trinajstić information content (AvgIpc) is 3.11. The number of thiazole rings is 1. The Hall–Kier alpha value is -2.71. The largest absolute Gasteiger partial charge is 0.493 e. The molecule has 0 amide bonds. The summed E-state index contributed by atoms with van der Waals surface area (Å²) in [5, 5.41) is 10.7. The van der Waals surface area contributed by atoms with Crippen LogP contribution in [0.15, 0.2) is 53.5 Å². The summed E-state index contributed by atoms with van der Waals surface area (Å²) in [6.45, 7) is 1.87. The van der Waals surface area contributed by atoms with Crippen molar-refractivity contribution in [3.63, 3.8) is 0 Å². The minimum Gasteiger partial charge on any atom is -0.493 e. The maximum atomic E-state index is 13.0. The molecule has 3 nitrogen and oxygen atoms in total.